The molecule has 1 aromatic carbocycles. The normalized spacial score (nSPS) is 10.7. The van der Waals surface area contributed by atoms with E-state index in [9.17, 15) is 0 Å². The van der Waals surface area contributed by atoms with Crippen LogP contribution in [0.5, 0.6) is 5.75 Å². The molecule has 102 valence electrons. The Kier molecular flexibility index (Phi) is 3.52. The summed E-state index contributed by atoms with van der Waals surface area (Å²) in [5.41, 5.74) is 2.18. The number of benzene rings is 1. The highest BCUT2D eigenvalue weighted by atomic mass is 32.1. The molecule has 0 radical (unpaired) electrons. The second kappa shape index (κ2) is 5.46. The zero-order valence-electron chi connectivity index (χ0n) is 11.4. The zero-order valence-corrected chi connectivity index (χ0v) is 12.2. The molecule has 0 spiro atoms. The number of hydrogen-bond donors (Lipinski definition) is 0. The van der Waals surface area contributed by atoms with Crippen molar-refractivity contribution in [1.29, 1.82) is 0 Å². The fraction of sp³-hybridized carbons (Fsp3) is 0.200. The Bertz CT molecular complexity index is 711. The van der Waals surface area contributed by atoms with E-state index in [0.717, 1.165) is 27.6 Å². The van der Waals surface area contributed by atoms with E-state index in [4.69, 9.17) is 4.74 Å². The van der Waals surface area contributed by atoms with Crippen LogP contribution < -0.4 is 9.64 Å². The van der Waals surface area contributed by atoms with Crippen molar-refractivity contribution in [2.45, 2.75) is 6.54 Å². The third-order valence-electron chi connectivity index (χ3n) is 3.05. The molecular formula is C15H15N3OS. The van der Waals surface area contributed by atoms with E-state index in [0.29, 0.717) is 0 Å². The lowest BCUT2D eigenvalue weighted by molar-refractivity contribution is 0.415. The van der Waals surface area contributed by atoms with E-state index in [2.05, 4.69) is 20.9 Å². The molecule has 2 aromatic heterocycles. The first kappa shape index (κ1) is 12.9. The van der Waals surface area contributed by atoms with E-state index < -0.39 is 0 Å². The number of ether oxygens (including phenoxy) is 1. The van der Waals surface area contributed by atoms with Gasteiger partial charge in [-0.3, -0.25) is 4.98 Å². The highest BCUT2D eigenvalue weighted by Gasteiger charge is 2.09. The van der Waals surface area contributed by atoms with Gasteiger partial charge in [0.2, 0.25) is 0 Å². The van der Waals surface area contributed by atoms with E-state index >= 15 is 0 Å². The van der Waals surface area contributed by atoms with Crippen molar-refractivity contribution >= 4 is 26.7 Å². The third kappa shape index (κ3) is 2.58. The SMILES string of the molecule is COc1ccc2nc(N(C)Cc3cccnc3)sc2c1. The van der Waals surface area contributed by atoms with Crippen LogP contribution in [0, 0.1) is 0 Å². The van der Waals surface area contributed by atoms with Crippen LogP contribution in [0.1, 0.15) is 5.56 Å². The van der Waals surface area contributed by atoms with Gasteiger partial charge in [-0.15, -0.1) is 0 Å². The Balaban J connectivity index is 1.86. The average molecular weight is 285 g/mol. The minimum absolute atomic E-state index is 0.796. The third-order valence-corrected chi connectivity index (χ3v) is 4.19. The first-order chi connectivity index (χ1) is 9.76. The molecule has 5 heteroatoms. The Morgan fingerprint density at radius 1 is 1.30 bits per heavy atom. The van der Waals surface area contributed by atoms with Crippen molar-refractivity contribution in [3.05, 3.63) is 48.3 Å². The largest absolute Gasteiger partial charge is 0.497 e. The molecule has 0 aliphatic carbocycles. The van der Waals surface area contributed by atoms with Crippen molar-refractivity contribution in [3.63, 3.8) is 0 Å². The minimum atomic E-state index is 0.796. The summed E-state index contributed by atoms with van der Waals surface area (Å²) < 4.78 is 6.38. The smallest absolute Gasteiger partial charge is 0.186 e. The number of methoxy groups -OCH3 is 1. The van der Waals surface area contributed by atoms with E-state index in [1.165, 1.54) is 5.56 Å². The Morgan fingerprint density at radius 2 is 2.20 bits per heavy atom. The molecule has 0 aliphatic rings. The molecule has 0 bridgehead atoms. The lowest BCUT2D eigenvalue weighted by atomic mass is 10.3. The standard InChI is InChI=1S/C15H15N3OS/c1-18(10-11-4-3-7-16-9-11)15-17-13-6-5-12(19-2)8-14(13)20-15/h3-9H,10H2,1-2H3. The Morgan fingerprint density at radius 3 is 2.95 bits per heavy atom. The lowest BCUT2D eigenvalue weighted by Crippen LogP contribution is -2.15. The molecule has 0 N–H and O–H groups in total. The molecule has 0 unspecified atom stereocenters. The van der Waals surface area contributed by atoms with Gasteiger partial charge in [-0.05, 0) is 29.8 Å². The van der Waals surface area contributed by atoms with Crippen LogP contribution in [0.3, 0.4) is 0 Å². The van der Waals surface area contributed by atoms with Gasteiger partial charge < -0.3 is 9.64 Å². The quantitative estimate of drug-likeness (QED) is 0.737. The van der Waals surface area contributed by atoms with Crippen molar-refractivity contribution in [1.82, 2.24) is 9.97 Å². The van der Waals surface area contributed by atoms with E-state index in [1.54, 1.807) is 24.6 Å². The number of rotatable bonds is 4. The molecule has 4 nitrogen and oxygen atoms in total. The number of aromatic nitrogens is 2. The molecule has 3 aromatic rings. The average Bonchev–Trinajstić information content (AvgIpc) is 2.91. The highest BCUT2D eigenvalue weighted by Crippen LogP contribution is 2.31. The van der Waals surface area contributed by atoms with Gasteiger partial charge in [-0.25, -0.2) is 4.98 Å². The predicted molar refractivity (Wildman–Crippen MR) is 82.5 cm³/mol. The summed E-state index contributed by atoms with van der Waals surface area (Å²) in [5.74, 6) is 0.864. The molecule has 0 saturated heterocycles. The summed E-state index contributed by atoms with van der Waals surface area (Å²) in [6.45, 7) is 0.796. The van der Waals surface area contributed by atoms with Crippen molar-refractivity contribution in [3.8, 4) is 5.75 Å². The van der Waals surface area contributed by atoms with Crippen LogP contribution in [0.2, 0.25) is 0 Å². The van der Waals surface area contributed by atoms with Crippen molar-refractivity contribution in [2.75, 3.05) is 19.1 Å². The number of anilines is 1. The van der Waals surface area contributed by atoms with Crippen molar-refractivity contribution in [2.24, 2.45) is 0 Å². The molecule has 2 heterocycles. The van der Waals surface area contributed by atoms with Crippen LogP contribution in [-0.2, 0) is 6.54 Å². The second-order valence-electron chi connectivity index (χ2n) is 4.55. The fourth-order valence-electron chi connectivity index (χ4n) is 2.02. The summed E-state index contributed by atoms with van der Waals surface area (Å²) in [6.07, 6.45) is 3.67. The summed E-state index contributed by atoms with van der Waals surface area (Å²) in [5, 5.41) is 0.997. The van der Waals surface area contributed by atoms with Crippen LogP contribution in [0.25, 0.3) is 10.2 Å². The van der Waals surface area contributed by atoms with Gasteiger partial charge >= 0.3 is 0 Å². The first-order valence-corrected chi connectivity index (χ1v) is 7.12. The predicted octanol–water partition coefficient (Wildman–Crippen LogP) is 3.34. The number of fused-ring (bicyclic) bond motifs is 1. The maximum atomic E-state index is 5.24. The Hall–Kier alpha value is -2.14. The summed E-state index contributed by atoms with van der Waals surface area (Å²) in [6, 6.07) is 9.97. The van der Waals surface area contributed by atoms with Crippen LogP contribution in [-0.4, -0.2) is 24.1 Å². The maximum absolute atomic E-state index is 5.24. The number of nitrogens with zero attached hydrogens (tertiary/aromatic N) is 3. The molecule has 3 rings (SSSR count). The summed E-state index contributed by atoms with van der Waals surface area (Å²) in [7, 11) is 3.72. The molecule has 20 heavy (non-hydrogen) atoms. The van der Waals surface area contributed by atoms with E-state index in [-0.39, 0.29) is 0 Å². The molecule has 0 amide bonds. The van der Waals surface area contributed by atoms with E-state index in [1.807, 2.05) is 37.5 Å². The van der Waals surface area contributed by atoms with Gasteiger partial charge in [0.15, 0.2) is 5.13 Å². The van der Waals surface area contributed by atoms with Crippen LogP contribution in [0.4, 0.5) is 5.13 Å². The van der Waals surface area contributed by atoms with Gasteiger partial charge in [0.1, 0.15) is 5.75 Å². The summed E-state index contributed by atoms with van der Waals surface area (Å²) in [4.78, 5) is 10.9. The van der Waals surface area contributed by atoms with Gasteiger partial charge in [-0.1, -0.05) is 17.4 Å². The molecule has 0 saturated carbocycles. The number of thiazole rings is 1. The second-order valence-corrected chi connectivity index (χ2v) is 5.56. The topological polar surface area (TPSA) is 38.2 Å². The Labute approximate surface area is 121 Å². The van der Waals surface area contributed by atoms with Gasteiger partial charge in [-0.2, -0.15) is 0 Å². The van der Waals surface area contributed by atoms with Crippen LogP contribution in [0.15, 0.2) is 42.7 Å². The van der Waals surface area contributed by atoms with Crippen LogP contribution >= 0.6 is 11.3 Å². The molecular weight excluding hydrogens is 270 g/mol. The summed E-state index contributed by atoms with van der Waals surface area (Å²) >= 11 is 1.67. The lowest BCUT2D eigenvalue weighted by Gasteiger charge is -2.14. The van der Waals surface area contributed by atoms with Gasteiger partial charge in [0, 0.05) is 26.0 Å². The molecule has 0 aliphatic heterocycles. The highest BCUT2D eigenvalue weighted by molar-refractivity contribution is 7.22. The number of pyridine rings is 1. The van der Waals surface area contributed by atoms with Crippen molar-refractivity contribution < 1.29 is 4.74 Å². The number of hydrogen-bond acceptors (Lipinski definition) is 5. The molecule has 0 fully saturated rings. The molecule has 0 atom stereocenters. The zero-order chi connectivity index (χ0) is 13.9. The fourth-order valence-corrected chi connectivity index (χ4v) is 2.97. The van der Waals surface area contributed by atoms with Gasteiger partial charge in [0.05, 0.1) is 17.3 Å². The minimum Gasteiger partial charge on any atom is -0.497 e. The maximum Gasteiger partial charge on any atom is 0.186 e. The van der Waals surface area contributed by atoms with Gasteiger partial charge in [0.25, 0.3) is 0 Å². The monoisotopic (exact) mass is 285 g/mol. The first-order valence-electron chi connectivity index (χ1n) is 6.31.